The van der Waals surface area contributed by atoms with Crippen molar-refractivity contribution in [3.8, 4) is 11.4 Å². The molecular weight excluding hydrogens is 169 g/mol. The van der Waals surface area contributed by atoms with Crippen molar-refractivity contribution in [2.75, 3.05) is 0 Å². The van der Waals surface area contributed by atoms with Gasteiger partial charge in [0, 0.05) is 31.2 Å². The van der Waals surface area contributed by atoms with Gasteiger partial charge in [-0.3, -0.25) is 4.98 Å². The summed E-state index contributed by atoms with van der Waals surface area (Å²) >= 11 is 0. The van der Waals surface area contributed by atoms with Crippen molar-refractivity contribution in [1.29, 1.82) is 0 Å². The lowest BCUT2D eigenvalue weighted by Gasteiger charge is -2.00. The summed E-state index contributed by atoms with van der Waals surface area (Å²) < 4.78 is 14.6. The second-order valence-electron chi connectivity index (χ2n) is 2.75. The first-order chi connectivity index (χ1) is 6.27. The lowest BCUT2D eigenvalue weighted by Crippen LogP contribution is -1.92. The van der Waals surface area contributed by atoms with Crippen LogP contribution in [0.4, 0.5) is 4.39 Å². The molecule has 0 unspecified atom stereocenters. The van der Waals surface area contributed by atoms with E-state index >= 15 is 0 Å². The Bertz CT molecular complexity index is 422. The molecule has 2 aromatic rings. The molecule has 0 aliphatic heterocycles. The van der Waals surface area contributed by atoms with Gasteiger partial charge >= 0.3 is 0 Å². The summed E-state index contributed by atoms with van der Waals surface area (Å²) in [4.78, 5) is 7.84. The van der Waals surface area contributed by atoms with Crippen LogP contribution in [-0.2, 0) is 7.05 Å². The Morgan fingerprint density at radius 2 is 2.23 bits per heavy atom. The van der Waals surface area contributed by atoms with E-state index in [0.717, 1.165) is 0 Å². The van der Waals surface area contributed by atoms with Crippen LogP contribution in [0.15, 0.2) is 30.9 Å². The van der Waals surface area contributed by atoms with E-state index in [9.17, 15) is 4.39 Å². The predicted octanol–water partition coefficient (Wildman–Crippen LogP) is 1.62. The fraction of sp³-hybridized carbons (Fsp3) is 0.111. The van der Waals surface area contributed by atoms with E-state index in [1.807, 2.05) is 11.6 Å². The van der Waals surface area contributed by atoms with Gasteiger partial charge < -0.3 is 4.57 Å². The van der Waals surface area contributed by atoms with Gasteiger partial charge in [-0.05, 0) is 6.07 Å². The van der Waals surface area contributed by atoms with Gasteiger partial charge in [0.05, 0.1) is 6.20 Å². The van der Waals surface area contributed by atoms with Gasteiger partial charge in [-0.2, -0.15) is 0 Å². The number of nitrogens with zero attached hydrogens (tertiary/aromatic N) is 3. The molecule has 4 heteroatoms. The number of pyridine rings is 1. The molecule has 0 saturated heterocycles. The molecule has 2 aromatic heterocycles. The van der Waals surface area contributed by atoms with E-state index in [4.69, 9.17) is 0 Å². The Morgan fingerprint density at radius 1 is 1.38 bits per heavy atom. The minimum Gasteiger partial charge on any atom is -0.334 e. The highest BCUT2D eigenvalue weighted by atomic mass is 19.1. The van der Waals surface area contributed by atoms with Gasteiger partial charge in [-0.25, -0.2) is 9.37 Å². The van der Waals surface area contributed by atoms with Crippen molar-refractivity contribution >= 4 is 0 Å². The first-order valence-electron chi connectivity index (χ1n) is 3.85. The summed E-state index contributed by atoms with van der Waals surface area (Å²) in [6.45, 7) is 0. The maximum Gasteiger partial charge on any atom is 0.142 e. The fourth-order valence-electron chi connectivity index (χ4n) is 1.18. The quantitative estimate of drug-likeness (QED) is 0.662. The third kappa shape index (κ3) is 1.42. The zero-order valence-electron chi connectivity index (χ0n) is 7.11. The Morgan fingerprint density at radius 3 is 2.85 bits per heavy atom. The average Bonchev–Trinajstić information content (AvgIpc) is 2.51. The monoisotopic (exact) mass is 177 g/mol. The molecule has 2 heterocycles. The number of aryl methyl sites for hydroxylation is 1. The van der Waals surface area contributed by atoms with Crippen molar-refractivity contribution in [1.82, 2.24) is 14.5 Å². The maximum atomic E-state index is 12.8. The minimum absolute atomic E-state index is 0.347. The fourth-order valence-corrected chi connectivity index (χ4v) is 1.18. The average molecular weight is 177 g/mol. The van der Waals surface area contributed by atoms with E-state index in [2.05, 4.69) is 9.97 Å². The second kappa shape index (κ2) is 2.97. The maximum absolute atomic E-state index is 12.8. The lowest BCUT2D eigenvalue weighted by molar-refractivity contribution is 0.621. The Labute approximate surface area is 74.9 Å². The number of halogens is 1. The van der Waals surface area contributed by atoms with E-state index in [1.165, 1.54) is 12.3 Å². The number of rotatable bonds is 1. The smallest absolute Gasteiger partial charge is 0.142 e. The van der Waals surface area contributed by atoms with Crippen LogP contribution in [-0.4, -0.2) is 14.5 Å². The van der Waals surface area contributed by atoms with Gasteiger partial charge in [-0.1, -0.05) is 0 Å². The first kappa shape index (κ1) is 7.91. The summed E-state index contributed by atoms with van der Waals surface area (Å²) in [5, 5.41) is 0. The topological polar surface area (TPSA) is 30.7 Å². The molecule has 13 heavy (non-hydrogen) atoms. The number of aromatic nitrogens is 3. The Hall–Kier alpha value is -1.71. The highest BCUT2D eigenvalue weighted by Gasteiger charge is 2.03. The van der Waals surface area contributed by atoms with Gasteiger partial charge in [0.1, 0.15) is 11.6 Å². The number of imidazole rings is 1. The van der Waals surface area contributed by atoms with E-state index in [0.29, 0.717) is 11.4 Å². The summed E-state index contributed by atoms with van der Waals surface area (Å²) in [5.74, 6) is 0.368. The predicted molar refractivity (Wildman–Crippen MR) is 46.4 cm³/mol. The summed E-state index contributed by atoms with van der Waals surface area (Å²) in [7, 11) is 1.85. The van der Waals surface area contributed by atoms with Crippen LogP contribution < -0.4 is 0 Å². The molecule has 0 aliphatic carbocycles. The largest absolute Gasteiger partial charge is 0.334 e. The van der Waals surface area contributed by atoms with Gasteiger partial charge in [0.2, 0.25) is 0 Å². The standard InChI is InChI=1S/C9H8FN3/c1-13-3-2-12-9(13)7-4-8(10)6-11-5-7/h2-6H,1H3. The molecule has 3 nitrogen and oxygen atoms in total. The van der Waals surface area contributed by atoms with Crippen LogP contribution in [0.25, 0.3) is 11.4 Å². The third-order valence-electron chi connectivity index (χ3n) is 1.78. The number of hydrogen-bond donors (Lipinski definition) is 0. The third-order valence-corrected chi connectivity index (χ3v) is 1.78. The van der Waals surface area contributed by atoms with Crippen LogP contribution in [0.1, 0.15) is 0 Å². The molecule has 0 aromatic carbocycles. The number of hydrogen-bond acceptors (Lipinski definition) is 2. The van der Waals surface area contributed by atoms with Crippen LogP contribution >= 0.6 is 0 Å². The molecule has 0 aliphatic rings. The molecule has 0 spiro atoms. The van der Waals surface area contributed by atoms with Crippen molar-refractivity contribution in [3.05, 3.63) is 36.7 Å². The molecule has 0 fully saturated rings. The highest BCUT2D eigenvalue weighted by Crippen LogP contribution is 2.15. The lowest BCUT2D eigenvalue weighted by atomic mass is 10.2. The van der Waals surface area contributed by atoms with E-state index < -0.39 is 0 Å². The summed E-state index contributed by atoms with van der Waals surface area (Å²) in [6, 6.07) is 1.41. The molecule has 0 radical (unpaired) electrons. The van der Waals surface area contributed by atoms with E-state index in [-0.39, 0.29) is 5.82 Å². The Kier molecular flexibility index (Phi) is 1.81. The highest BCUT2D eigenvalue weighted by molar-refractivity contribution is 5.53. The molecule has 0 saturated carbocycles. The molecule has 0 bridgehead atoms. The first-order valence-corrected chi connectivity index (χ1v) is 3.85. The molecule has 0 N–H and O–H groups in total. The Balaban J connectivity index is 2.53. The van der Waals surface area contributed by atoms with Crippen LogP contribution in [0.3, 0.4) is 0 Å². The van der Waals surface area contributed by atoms with Crippen molar-refractivity contribution in [2.24, 2.45) is 7.05 Å². The zero-order valence-corrected chi connectivity index (χ0v) is 7.11. The van der Waals surface area contributed by atoms with E-state index in [1.54, 1.807) is 18.6 Å². The molecule has 0 atom stereocenters. The van der Waals surface area contributed by atoms with Gasteiger partial charge in [0.15, 0.2) is 0 Å². The molecule has 0 amide bonds. The van der Waals surface area contributed by atoms with Crippen LogP contribution in [0.5, 0.6) is 0 Å². The second-order valence-corrected chi connectivity index (χ2v) is 2.75. The van der Waals surface area contributed by atoms with Crippen LogP contribution in [0, 0.1) is 5.82 Å². The van der Waals surface area contributed by atoms with Crippen molar-refractivity contribution in [2.45, 2.75) is 0 Å². The SMILES string of the molecule is Cn1ccnc1-c1cncc(F)c1. The molecule has 2 rings (SSSR count). The van der Waals surface area contributed by atoms with Crippen LogP contribution in [0.2, 0.25) is 0 Å². The van der Waals surface area contributed by atoms with Crippen molar-refractivity contribution in [3.63, 3.8) is 0 Å². The minimum atomic E-state index is -0.347. The molecule has 66 valence electrons. The summed E-state index contributed by atoms with van der Waals surface area (Å²) in [6.07, 6.45) is 6.23. The summed E-state index contributed by atoms with van der Waals surface area (Å²) in [5.41, 5.74) is 0.688. The normalized spacial score (nSPS) is 10.3. The zero-order chi connectivity index (χ0) is 9.26. The van der Waals surface area contributed by atoms with Crippen molar-refractivity contribution < 1.29 is 4.39 Å². The van der Waals surface area contributed by atoms with Gasteiger partial charge in [-0.15, -0.1) is 0 Å². The molecular formula is C9H8FN3. The van der Waals surface area contributed by atoms with Gasteiger partial charge in [0.25, 0.3) is 0 Å².